The maximum atomic E-state index is 12.5. The van der Waals surface area contributed by atoms with E-state index in [4.69, 9.17) is 21.7 Å². The summed E-state index contributed by atoms with van der Waals surface area (Å²) in [6.45, 7) is 2.22. The maximum absolute atomic E-state index is 12.5. The second-order valence-corrected chi connectivity index (χ2v) is 7.06. The number of aliphatic hydroxyl groups is 2. The molecule has 4 amide bonds. The molecule has 6 unspecified atom stereocenters. The zero-order chi connectivity index (χ0) is 25.2. The first-order valence-corrected chi connectivity index (χ1v) is 9.43. The summed E-state index contributed by atoms with van der Waals surface area (Å²) in [5.41, 5.74) is 10.6. The van der Waals surface area contributed by atoms with E-state index in [2.05, 4.69) is 10.6 Å². The number of carboxylic acid groups (broad SMARTS) is 2. The van der Waals surface area contributed by atoms with Crippen molar-refractivity contribution >= 4 is 35.6 Å². The summed E-state index contributed by atoms with van der Waals surface area (Å²) in [6.07, 6.45) is -4.46. The van der Waals surface area contributed by atoms with Gasteiger partial charge in [-0.1, -0.05) is 0 Å². The van der Waals surface area contributed by atoms with Gasteiger partial charge in [0, 0.05) is 6.42 Å². The van der Waals surface area contributed by atoms with Crippen LogP contribution < -0.4 is 27.4 Å². The Hall–Kier alpha value is -3.30. The van der Waals surface area contributed by atoms with E-state index < -0.39 is 84.8 Å². The number of carboxylic acids is 2. The number of primary amides is 1. The second-order valence-electron chi connectivity index (χ2n) is 7.06. The third kappa shape index (κ3) is 10.1. The molecule has 11 N–H and O–H groups in total. The van der Waals surface area contributed by atoms with Crippen molar-refractivity contribution < 1.29 is 49.2 Å². The van der Waals surface area contributed by atoms with Crippen LogP contribution >= 0.6 is 0 Å². The van der Waals surface area contributed by atoms with Gasteiger partial charge in [0.05, 0.1) is 24.7 Å². The minimum absolute atomic E-state index is 0.252. The molecule has 0 aliphatic heterocycles. The third-order valence-corrected chi connectivity index (χ3v) is 4.15. The highest BCUT2D eigenvalue weighted by molar-refractivity contribution is 5.96. The van der Waals surface area contributed by atoms with Crippen molar-refractivity contribution in [2.75, 3.05) is 0 Å². The molecule has 32 heavy (non-hydrogen) atoms. The molecule has 0 radical (unpaired) electrons. The van der Waals surface area contributed by atoms with Gasteiger partial charge in [0.2, 0.25) is 23.6 Å². The summed E-state index contributed by atoms with van der Waals surface area (Å²) in [4.78, 5) is 70.0. The fourth-order valence-electron chi connectivity index (χ4n) is 2.39. The topological polar surface area (TPSA) is 271 Å². The van der Waals surface area contributed by atoms with Crippen molar-refractivity contribution in [3.05, 3.63) is 0 Å². The highest BCUT2D eigenvalue weighted by Crippen LogP contribution is 2.02. The van der Waals surface area contributed by atoms with Gasteiger partial charge in [-0.3, -0.25) is 24.0 Å². The quantitative estimate of drug-likeness (QED) is 0.118. The molecule has 0 rings (SSSR count). The van der Waals surface area contributed by atoms with Gasteiger partial charge in [0.25, 0.3) is 0 Å². The molecule has 0 saturated carbocycles. The van der Waals surface area contributed by atoms with Crippen LogP contribution in [0.4, 0.5) is 0 Å². The molecular formula is C17H29N5O10. The SMILES string of the molecule is CC(O)C(NC(=O)C(CC(N)=O)NC(=O)C(NC(=O)C(N)CCC(=O)O)C(C)O)C(=O)O. The number of nitrogens with two attached hydrogens (primary N) is 2. The van der Waals surface area contributed by atoms with Crippen LogP contribution in [0.25, 0.3) is 0 Å². The lowest BCUT2D eigenvalue weighted by Gasteiger charge is -2.26. The fourth-order valence-corrected chi connectivity index (χ4v) is 2.39. The van der Waals surface area contributed by atoms with Crippen LogP contribution in [0.5, 0.6) is 0 Å². The first kappa shape index (κ1) is 28.7. The second kappa shape index (κ2) is 13.2. The number of carbonyl (C=O) groups excluding carboxylic acids is 4. The molecule has 0 aliphatic carbocycles. The van der Waals surface area contributed by atoms with Crippen LogP contribution in [0.15, 0.2) is 0 Å². The molecule has 0 bridgehead atoms. The van der Waals surface area contributed by atoms with E-state index in [-0.39, 0.29) is 6.42 Å². The van der Waals surface area contributed by atoms with E-state index in [1.165, 1.54) is 0 Å². The molecule has 0 aliphatic rings. The van der Waals surface area contributed by atoms with Gasteiger partial charge in [-0.2, -0.15) is 0 Å². The van der Waals surface area contributed by atoms with Gasteiger partial charge in [-0.25, -0.2) is 4.79 Å². The van der Waals surface area contributed by atoms with E-state index in [1.807, 2.05) is 5.32 Å². The number of hydrogen-bond acceptors (Lipinski definition) is 9. The van der Waals surface area contributed by atoms with Crippen LogP contribution in [-0.2, 0) is 28.8 Å². The van der Waals surface area contributed by atoms with Crippen molar-refractivity contribution in [3.8, 4) is 0 Å². The molecule has 0 aromatic rings. The molecular weight excluding hydrogens is 434 g/mol. The molecule has 0 aromatic heterocycles. The molecule has 0 saturated heterocycles. The predicted octanol–water partition coefficient (Wildman–Crippen LogP) is -4.65. The lowest BCUT2D eigenvalue weighted by molar-refractivity contribution is -0.145. The summed E-state index contributed by atoms with van der Waals surface area (Å²) < 4.78 is 0. The zero-order valence-electron chi connectivity index (χ0n) is 17.5. The van der Waals surface area contributed by atoms with Gasteiger partial charge in [-0.15, -0.1) is 0 Å². The Morgan fingerprint density at radius 1 is 0.812 bits per heavy atom. The molecule has 6 atom stereocenters. The maximum Gasteiger partial charge on any atom is 0.328 e. The first-order valence-electron chi connectivity index (χ1n) is 9.43. The smallest absolute Gasteiger partial charge is 0.328 e. The Morgan fingerprint density at radius 2 is 1.31 bits per heavy atom. The van der Waals surface area contributed by atoms with Crippen molar-refractivity contribution in [2.24, 2.45) is 11.5 Å². The van der Waals surface area contributed by atoms with Gasteiger partial charge in [0.1, 0.15) is 12.1 Å². The Bertz CT molecular complexity index is 727. The van der Waals surface area contributed by atoms with Gasteiger partial charge >= 0.3 is 11.9 Å². The molecule has 15 heteroatoms. The number of nitrogens with one attached hydrogen (secondary N) is 3. The Morgan fingerprint density at radius 3 is 1.72 bits per heavy atom. The fraction of sp³-hybridized carbons (Fsp3) is 0.647. The third-order valence-electron chi connectivity index (χ3n) is 4.15. The van der Waals surface area contributed by atoms with Gasteiger partial charge in [-0.05, 0) is 20.3 Å². The monoisotopic (exact) mass is 463 g/mol. The molecule has 0 heterocycles. The lowest BCUT2D eigenvalue weighted by Crippen LogP contribution is -2.60. The minimum atomic E-state index is -1.76. The molecule has 0 fully saturated rings. The Labute approximate surface area is 182 Å². The Kier molecular flexibility index (Phi) is 11.8. The first-order chi connectivity index (χ1) is 14.7. The van der Waals surface area contributed by atoms with Gasteiger partial charge < -0.3 is 47.8 Å². The van der Waals surface area contributed by atoms with E-state index in [0.717, 1.165) is 13.8 Å². The highest BCUT2D eigenvalue weighted by atomic mass is 16.4. The van der Waals surface area contributed by atoms with Crippen LogP contribution in [-0.4, -0.2) is 92.4 Å². The Balaban J connectivity index is 5.41. The van der Waals surface area contributed by atoms with Crippen molar-refractivity contribution in [1.82, 2.24) is 16.0 Å². The van der Waals surface area contributed by atoms with Crippen molar-refractivity contribution in [3.63, 3.8) is 0 Å². The van der Waals surface area contributed by atoms with Crippen molar-refractivity contribution in [1.29, 1.82) is 0 Å². The average molecular weight is 463 g/mol. The van der Waals surface area contributed by atoms with Crippen molar-refractivity contribution in [2.45, 2.75) is 69.5 Å². The van der Waals surface area contributed by atoms with Crippen LogP contribution in [0.1, 0.15) is 33.1 Å². The zero-order valence-corrected chi connectivity index (χ0v) is 17.5. The number of aliphatic hydroxyl groups excluding tert-OH is 2. The van der Waals surface area contributed by atoms with Gasteiger partial charge in [0.15, 0.2) is 6.04 Å². The van der Waals surface area contributed by atoms with E-state index in [1.54, 1.807) is 0 Å². The molecule has 0 aromatic carbocycles. The van der Waals surface area contributed by atoms with E-state index >= 15 is 0 Å². The van der Waals surface area contributed by atoms with E-state index in [9.17, 15) is 39.0 Å². The number of amides is 4. The largest absolute Gasteiger partial charge is 0.481 e. The normalized spacial score (nSPS) is 16.4. The summed E-state index contributed by atoms with van der Waals surface area (Å²) in [6, 6.07) is -6.42. The summed E-state index contributed by atoms with van der Waals surface area (Å²) in [7, 11) is 0. The number of hydrogen-bond donors (Lipinski definition) is 9. The standard InChI is InChI=1S/C17H29N5O10/c1-6(23)12(21-14(28)8(18)3-4-11(26)27)16(30)20-9(5-10(19)25)15(29)22-13(7(2)24)17(31)32/h6-9,12-13,23-24H,3-5,18H2,1-2H3,(H2,19,25)(H,20,30)(H,21,28)(H,22,29)(H,26,27)(H,31,32). The van der Waals surface area contributed by atoms with Crippen LogP contribution in [0.3, 0.4) is 0 Å². The lowest BCUT2D eigenvalue weighted by atomic mass is 10.1. The average Bonchev–Trinajstić information content (AvgIpc) is 2.65. The molecule has 15 nitrogen and oxygen atoms in total. The van der Waals surface area contributed by atoms with Crippen LogP contribution in [0.2, 0.25) is 0 Å². The summed E-state index contributed by atoms with van der Waals surface area (Å²) >= 11 is 0. The summed E-state index contributed by atoms with van der Waals surface area (Å²) in [5.74, 6) is -7.08. The van der Waals surface area contributed by atoms with Crippen LogP contribution in [0, 0.1) is 0 Å². The minimum Gasteiger partial charge on any atom is -0.481 e. The number of aliphatic carboxylic acids is 2. The molecule has 182 valence electrons. The number of carbonyl (C=O) groups is 6. The van der Waals surface area contributed by atoms with E-state index in [0.29, 0.717) is 0 Å². The molecule has 0 spiro atoms. The summed E-state index contributed by atoms with van der Waals surface area (Å²) in [5, 5.41) is 43.1. The predicted molar refractivity (Wildman–Crippen MR) is 105 cm³/mol. The number of rotatable bonds is 14. The highest BCUT2D eigenvalue weighted by Gasteiger charge is 2.34.